The van der Waals surface area contributed by atoms with Crippen LogP contribution in [0.3, 0.4) is 0 Å². The molecule has 1 aromatic carbocycles. The lowest BCUT2D eigenvalue weighted by Gasteiger charge is -2.08. The molecule has 2 rings (SSSR count). The molecule has 5 heteroatoms. The lowest BCUT2D eigenvalue weighted by atomic mass is 10.1. The zero-order valence-corrected chi connectivity index (χ0v) is 10.7. The first-order chi connectivity index (χ1) is 9.13. The van der Waals surface area contributed by atoms with E-state index in [1.165, 1.54) is 12.8 Å². The second-order valence-corrected chi connectivity index (χ2v) is 4.87. The molecule has 1 saturated carbocycles. The number of benzene rings is 1. The summed E-state index contributed by atoms with van der Waals surface area (Å²) >= 11 is 0. The van der Waals surface area contributed by atoms with Crippen molar-refractivity contribution in [1.82, 2.24) is 5.32 Å². The van der Waals surface area contributed by atoms with Crippen molar-refractivity contribution in [2.75, 3.05) is 11.9 Å². The molecule has 0 aromatic heterocycles. The highest BCUT2D eigenvalue weighted by molar-refractivity contribution is 5.89. The number of anilines is 1. The van der Waals surface area contributed by atoms with Gasteiger partial charge < -0.3 is 15.7 Å². The van der Waals surface area contributed by atoms with Crippen LogP contribution in [0.2, 0.25) is 0 Å². The van der Waals surface area contributed by atoms with E-state index in [0.29, 0.717) is 18.0 Å². The van der Waals surface area contributed by atoms with Crippen LogP contribution in [0.25, 0.3) is 0 Å². The summed E-state index contributed by atoms with van der Waals surface area (Å²) in [6.45, 7) is 0.727. The van der Waals surface area contributed by atoms with Crippen molar-refractivity contribution >= 4 is 17.7 Å². The third-order valence-corrected chi connectivity index (χ3v) is 3.06. The molecule has 0 bridgehead atoms. The van der Waals surface area contributed by atoms with E-state index in [0.717, 1.165) is 12.1 Å². The van der Waals surface area contributed by atoms with Gasteiger partial charge in [-0.3, -0.25) is 4.79 Å². The molecule has 1 aliphatic rings. The number of rotatable bonds is 6. The minimum atomic E-state index is -0.819. The van der Waals surface area contributed by atoms with Crippen molar-refractivity contribution in [1.29, 1.82) is 0 Å². The number of hydrogen-bond donors (Lipinski definition) is 3. The Bertz CT molecular complexity index is 470. The van der Waals surface area contributed by atoms with E-state index in [9.17, 15) is 9.59 Å². The van der Waals surface area contributed by atoms with Gasteiger partial charge in [-0.1, -0.05) is 12.1 Å². The van der Waals surface area contributed by atoms with E-state index in [2.05, 4.69) is 10.6 Å². The highest BCUT2D eigenvalue weighted by atomic mass is 16.4. The van der Waals surface area contributed by atoms with Crippen molar-refractivity contribution in [3.63, 3.8) is 0 Å². The van der Waals surface area contributed by atoms with Gasteiger partial charge in [-0.25, -0.2) is 4.79 Å². The predicted octanol–water partition coefficient (Wildman–Crippen LogP) is 2.24. The Morgan fingerprint density at radius 1 is 1.32 bits per heavy atom. The number of aryl methyl sites for hydroxylation is 1. The van der Waals surface area contributed by atoms with Crippen molar-refractivity contribution in [2.45, 2.75) is 25.7 Å². The first-order valence-corrected chi connectivity index (χ1v) is 6.49. The zero-order valence-electron chi connectivity index (χ0n) is 10.7. The topological polar surface area (TPSA) is 78.4 Å². The summed E-state index contributed by atoms with van der Waals surface area (Å²) in [7, 11) is 0. The van der Waals surface area contributed by atoms with Crippen LogP contribution in [0.15, 0.2) is 24.3 Å². The Morgan fingerprint density at radius 2 is 2.11 bits per heavy atom. The summed E-state index contributed by atoms with van der Waals surface area (Å²) in [5.41, 5.74) is 1.60. The molecule has 0 radical (unpaired) electrons. The number of aliphatic carboxylic acids is 1. The monoisotopic (exact) mass is 262 g/mol. The van der Waals surface area contributed by atoms with Crippen LogP contribution in [0.5, 0.6) is 0 Å². The van der Waals surface area contributed by atoms with E-state index in [1.807, 2.05) is 12.1 Å². The number of hydrogen-bond acceptors (Lipinski definition) is 2. The van der Waals surface area contributed by atoms with Crippen LogP contribution >= 0.6 is 0 Å². The first kappa shape index (κ1) is 13.4. The van der Waals surface area contributed by atoms with E-state index < -0.39 is 5.97 Å². The molecule has 1 aromatic rings. The second kappa shape index (κ2) is 6.22. The van der Waals surface area contributed by atoms with E-state index in [1.54, 1.807) is 12.1 Å². The molecule has 1 aliphatic carbocycles. The Hall–Kier alpha value is -2.04. The van der Waals surface area contributed by atoms with E-state index in [-0.39, 0.29) is 12.5 Å². The fraction of sp³-hybridized carbons (Fsp3) is 0.429. The molecule has 0 unspecified atom stereocenters. The van der Waals surface area contributed by atoms with Gasteiger partial charge in [0.1, 0.15) is 0 Å². The molecule has 0 atom stereocenters. The second-order valence-electron chi connectivity index (χ2n) is 4.87. The lowest BCUT2D eigenvalue weighted by molar-refractivity contribution is -0.136. The third kappa shape index (κ3) is 4.99. The van der Waals surface area contributed by atoms with Crippen molar-refractivity contribution < 1.29 is 14.7 Å². The molecule has 0 aliphatic heterocycles. The predicted molar refractivity (Wildman–Crippen MR) is 72.1 cm³/mol. The lowest BCUT2D eigenvalue weighted by Crippen LogP contribution is -2.30. The minimum absolute atomic E-state index is 0.0946. The van der Waals surface area contributed by atoms with Crippen LogP contribution in [-0.2, 0) is 11.2 Å². The molecule has 3 N–H and O–H groups in total. The molecule has 2 amide bonds. The Kier molecular flexibility index (Phi) is 4.39. The molecule has 0 heterocycles. The number of amides is 2. The van der Waals surface area contributed by atoms with Gasteiger partial charge in [-0.2, -0.15) is 0 Å². The number of urea groups is 1. The molecule has 5 nitrogen and oxygen atoms in total. The van der Waals surface area contributed by atoms with Gasteiger partial charge in [0, 0.05) is 18.7 Å². The largest absolute Gasteiger partial charge is 0.481 e. The van der Waals surface area contributed by atoms with Crippen molar-refractivity contribution in [3.8, 4) is 0 Å². The SMILES string of the molecule is O=C(O)CCc1cccc(NC(=O)NCC2CC2)c1. The average Bonchev–Trinajstić information content (AvgIpc) is 3.18. The molecular formula is C14H18N2O3. The summed E-state index contributed by atoms with van der Waals surface area (Å²) in [4.78, 5) is 22.1. The summed E-state index contributed by atoms with van der Waals surface area (Å²) in [6.07, 6.45) is 2.96. The Balaban J connectivity index is 1.82. The summed E-state index contributed by atoms with van der Waals surface area (Å²) in [5, 5.41) is 14.2. The van der Waals surface area contributed by atoms with E-state index in [4.69, 9.17) is 5.11 Å². The average molecular weight is 262 g/mol. The summed E-state index contributed by atoms with van der Waals surface area (Å²) in [6, 6.07) is 7.06. The Labute approximate surface area is 112 Å². The smallest absolute Gasteiger partial charge is 0.319 e. The highest BCUT2D eigenvalue weighted by Gasteiger charge is 2.21. The summed E-state index contributed by atoms with van der Waals surface area (Å²) < 4.78 is 0. The van der Waals surface area contributed by atoms with Crippen LogP contribution < -0.4 is 10.6 Å². The number of carbonyl (C=O) groups excluding carboxylic acids is 1. The maximum atomic E-state index is 11.6. The zero-order chi connectivity index (χ0) is 13.7. The number of nitrogens with one attached hydrogen (secondary N) is 2. The van der Waals surface area contributed by atoms with Gasteiger partial charge in [-0.15, -0.1) is 0 Å². The summed E-state index contributed by atoms with van der Waals surface area (Å²) in [5.74, 6) is -0.173. The molecular weight excluding hydrogens is 244 g/mol. The molecule has 102 valence electrons. The van der Waals surface area contributed by atoms with Crippen molar-refractivity contribution in [2.24, 2.45) is 5.92 Å². The standard InChI is InChI=1S/C14H18N2O3/c17-13(18)7-6-10-2-1-3-12(8-10)16-14(19)15-9-11-4-5-11/h1-3,8,11H,4-7,9H2,(H,17,18)(H2,15,16,19). The highest BCUT2D eigenvalue weighted by Crippen LogP contribution is 2.27. The van der Waals surface area contributed by atoms with Crippen LogP contribution in [-0.4, -0.2) is 23.7 Å². The molecule has 0 saturated heterocycles. The van der Waals surface area contributed by atoms with Crippen molar-refractivity contribution in [3.05, 3.63) is 29.8 Å². The third-order valence-electron chi connectivity index (χ3n) is 3.06. The van der Waals surface area contributed by atoms with Gasteiger partial charge in [0.15, 0.2) is 0 Å². The van der Waals surface area contributed by atoms with Gasteiger partial charge in [0.2, 0.25) is 0 Å². The normalized spacial score (nSPS) is 13.9. The quantitative estimate of drug-likeness (QED) is 0.735. The fourth-order valence-corrected chi connectivity index (χ4v) is 1.79. The van der Waals surface area contributed by atoms with Gasteiger partial charge >= 0.3 is 12.0 Å². The van der Waals surface area contributed by atoms with Gasteiger partial charge in [0.25, 0.3) is 0 Å². The fourth-order valence-electron chi connectivity index (χ4n) is 1.79. The van der Waals surface area contributed by atoms with Crippen LogP contribution in [0.1, 0.15) is 24.8 Å². The molecule has 1 fully saturated rings. The van der Waals surface area contributed by atoms with Gasteiger partial charge in [0.05, 0.1) is 0 Å². The maximum absolute atomic E-state index is 11.6. The van der Waals surface area contributed by atoms with Gasteiger partial charge in [-0.05, 0) is 42.9 Å². The maximum Gasteiger partial charge on any atom is 0.319 e. The first-order valence-electron chi connectivity index (χ1n) is 6.49. The Morgan fingerprint density at radius 3 is 2.79 bits per heavy atom. The minimum Gasteiger partial charge on any atom is -0.481 e. The molecule has 19 heavy (non-hydrogen) atoms. The number of carboxylic acids is 1. The van der Waals surface area contributed by atoms with Crippen LogP contribution in [0.4, 0.5) is 10.5 Å². The molecule has 0 spiro atoms. The van der Waals surface area contributed by atoms with Crippen LogP contribution in [0, 0.1) is 5.92 Å². The number of carbonyl (C=O) groups is 2. The van der Waals surface area contributed by atoms with E-state index >= 15 is 0 Å². The number of carboxylic acid groups (broad SMARTS) is 1.